The second kappa shape index (κ2) is 8.72. The van der Waals surface area contributed by atoms with Crippen molar-refractivity contribution >= 4 is 21.7 Å². The topological polar surface area (TPSA) is 101 Å². The van der Waals surface area contributed by atoms with E-state index in [-0.39, 0.29) is 6.42 Å². The van der Waals surface area contributed by atoms with Gasteiger partial charge in [-0.3, -0.25) is 4.79 Å². The molecule has 9 heteroatoms. The van der Waals surface area contributed by atoms with Crippen molar-refractivity contribution < 1.29 is 31.9 Å². The SMILES string of the molecule is CCCCC(NC(=O)Cc1ccc(S(=O)(=O)C(F)F)cc1)C(=O)O. The summed E-state index contributed by atoms with van der Waals surface area (Å²) in [5.41, 5.74) is 0.389. The van der Waals surface area contributed by atoms with Gasteiger partial charge in [-0.1, -0.05) is 31.9 Å². The smallest absolute Gasteiger partial charge is 0.341 e. The van der Waals surface area contributed by atoms with Crippen molar-refractivity contribution in [2.45, 2.75) is 49.3 Å². The predicted molar refractivity (Wildman–Crippen MR) is 82.4 cm³/mol. The molecule has 0 aromatic heterocycles. The fourth-order valence-electron chi connectivity index (χ4n) is 2.00. The molecule has 1 rings (SSSR count). The van der Waals surface area contributed by atoms with Crippen LogP contribution in [0.2, 0.25) is 0 Å². The molecule has 6 nitrogen and oxygen atoms in total. The zero-order valence-electron chi connectivity index (χ0n) is 13.0. The number of aliphatic carboxylic acids is 1. The van der Waals surface area contributed by atoms with Gasteiger partial charge in [-0.2, -0.15) is 8.78 Å². The van der Waals surface area contributed by atoms with Crippen molar-refractivity contribution in [3.63, 3.8) is 0 Å². The zero-order valence-corrected chi connectivity index (χ0v) is 13.9. The molecule has 1 amide bonds. The van der Waals surface area contributed by atoms with E-state index in [1.54, 1.807) is 0 Å². The van der Waals surface area contributed by atoms with E-state index in [0.717, 1.165) is 18.6 Å². The van der Waals surface area contributed by atoms with Gasteiger partial charge in [-0.15, -0.1) is 0 Å². The number of amides is 1. The molecule has 0 saturated carbocycles. The Morgan fingerprint density at radius 3 is 2.25 bits per heavy atom. The Labute approximate surface area is 138 Å². The minimum absolute atomic E-state index is 0.176. The van der Waals surface area contributed by atoms with Gasteiger partial charge in [-0.05, 0) is 24.1 Å². The van der Waals surface area contributed by atoms with Crippen molar-refractivity contribution in [2.75, 3.05) is 0 Å². The van der Waals surface area contributed by atoms with Crippen LogP contribution >= 0.6 is 0 Å². The maximum absolute atomic E-state index is 12.4. The van der Waals surface area contributed by atoms with E-state index in [0.29, 0.717) is 18.4 Å². The van der Waals surface area contributed by atoms with E-state index in [4.69, 9.17) is 5.11 Å². The molecule has 1 aromatic carbocycles. The van der Waals surface area contributed by atoms with Crippen LogP contribution in [0.15, 0.2) is 29.2 Å². The number of alkyl halides is 2. The lowest BCUT2D eigenvalue weighted by molar-refractivity contribution is -0.142. The Kier molecular flexibility index (Phi) is 7.27. The number of rotatable bonds is 9. The molecule has 0 radical (unpaired) electrons. The highest BCUT2D eigenvalue weighted by Gasteiger charge is 2.26. The molecule has 2 N–H and O–H groups in total. The molecule has 0 spiro atoms. The third kappa shape index (κ3) is 5.55. The van der Waals surface area contributed by atoms with E-state index in [1.165, 1.54) is 12.1 Å². The summed E-state index contributed by atoms with van der Waals surface area (Å²) in [6, 6.07) is 3.50. The highest BCUT2D eigenvalue weighted by atomic mass is 32.2. The maximum Gasteiger partial charge on any atom is 0.341 e. The second-order valence-corrected chi connectivity index (χ2v) is 7.14. The summed E-state index contributed by atoms with van der Waals surface area (Å²) in [6.07, 6.45) is 1.57. The molecule has 0 aliphatic carbocycles. The number of hydrogen-bond acceptors (Lipinski definition) is 4. The molecule has 134 valence electrons. The molecule has 1 aromatic rings. The molecule has 1 atom stereocenters. The molecule has 0 heterocycles. The fraction of sp³-hybridized carbons (Fsp3) is 0.467. The van der Waals surface area contributed by atoms with Crippen LogP contribution in [0, 0.1) is 0 Å². The first-order chi connectivity index (χ1) is 11.2. The number of nitrogens with one attached hydrogen (secondary N) is 1. The number of carboxylic acids is 1. The quantitative estimate of drug-likeness (QED) is 0.699. The lowest BCUT2D eigenvalue weighted by Crippen LogP contribution is -2.41. The summed E-state index contributed by atoms with van der Waals surface area (Å²) < 4.78 is 47.4. The number of sulfone groups is 1. The first-order valence-electron chi connectivity index (χ1n) is 7.31. The van der Waals surface area contributed by atoms with E-state index < -0.39 is 38.4 Å². The summed E-state index contributed by atoms with van der Waals surface area (Å²) in [5.74, 6) is -5.18. The number of benzene rings is 1. The van der Waals surface area contributed by atoms with E-state index in [1.807, 2.05) is 6.92 Å². The number of halogens is 2. The molecule has 0 aliphatic heterocycles. The molecule has 0 bridgehead atoms. The Bertz CT molecular complexity index is 674. The number of carbonyl (C=O) groups excluding carboxylic acids is 1. The van der Waals surface area contributed by atoms with Crippen molar-refractivity contribution in [1.82, 2.24) is 5.32 Å². The maximum atomic E-state index is 12.4. The van der Waals surface area contributed by atoms with Crippen LogP contribution in [0.3, 0.4) is 0 Å². The number of unbranched alkanes of at least 4 members (excludes halogenated alkanes) is 1. The fourth-order valence-corrected chi connectivity index (χ4v) is 2.72. The number of carboxylic acid groups (broad SMARTS) is 1. The number of hydrogen-bond donors (Lipinski definition) is 2. The van der Waals surface area contributed by atoms with Gasteiger partial charge in [0.15, 0.2) is 0 Å². The largest absolute Gasteiger partial charge is 0.480 e. The second-order valence-electron chi connectivity index (χ2n) is 5.23. The van der Waals surface area contributed by atoms with Gasteiger partial charge in [-0.25, -0.2) is 13.2 Å². The van der Waals surface area contributed by atoms with Gasteiger partial charge in [0, 0.05) is 0 Å². The Balaban J connectivity index is 2.72. The van der Waals surface area contributed by atoms with Crippen LogP contribution in [0.1, 0.15) is 31.7 Å². The summed E-state index contributed by atoms with van der Waals surface area (Å²) in [6.45, 7) is 1.90. The summed E-state index contributed by atoms with van der Waals surface area (Å²) >= 11 is 0. The minimum atomic E-state index is -4.67. The molecular formula is C15H19F2NO5S. The van der Waals surface area contributed by atoms with Gasteiger partial charge in [0.25, 0.3) is 0 Å². The van der Waals surface area contributed by atoms with Crippen molar-refractivity contribution in [1.29, 1.82) is 0 Å². The Morgan fingerprint density at radius 2 is 1.79 bits per heavy atom. The van der Waals surface area contributed by atoms with Crippen LogP contribution in [-0.2, 0) is 25.8 Å². The van der Waals surface area contributed by atoms with Crippen LogP contribution < -0.4 is 5.32 Å². The van der Waals surface area contributed by atoms with Crippen molar-refractivity contribution in [3.8, 4) is 0 Å². The molecule has 24 heavy (non-hydrogen) atoms. The van der Waals surface area contributed by atoms with Gasteiger partial charge >= 0.3 is 11.7 Å². The summed E-state index contributed by atoms with van der Waals surface area (Å²) in [7, 11) is -4.67. The standard InChI is InChI=1S/C15H19F2NO5S/c1-2-3-4-12(14(20)21)18-13(19)9-10-5-7-11(8-6-10)24(22,23)15(16)17/h5-8,12,15H,2-4,9H2,1H3,(H,18,19)(H,20,21). The molecule has 0 aliphatic rings. The highest BCUT2D eigenvalue weighted by molar-refractivity contribution is 7.91. The lowest BCUT2D eigenvalue weighted by atomic mass is 10.1. The van der Waals surface area contributed by atoms with E-state index in [2.05, 4.69) is 5.32 Å². The van der Waals surface area contributed by atoms with E-state index >= 15 is 0 Å². The van der Waals surface area contributed by atoms with Gasteiger partial charge in [0.05, 0.1) is 11.3 Å². The van der Waals surface area contributed by atoms with Gasteiger partial charge in [0.2, 0.25) is 15.7 Å². The van der Waals surface area contributed by atoms with E-state index in [9.17, 15) is 26.8 Å². The summed E-state index contributed by atoms with van der Waals surface area (Å²) in [4.78, 5) is 22.4. The predicted octanol–water partition coefficient (Wildman–Crippen LogP) is 1.99. The summed E-state index contributed by atoms with van der Waals surface area (Å²) in [5, 5.41) is 11.4. The van der Waals surface area contributed by atoms with Crippen LogP contribution in [-0.4, -0.2) is 37.2 Å². The highest BCUT2D eigenvalue weighted by Crippen LogP contribution is 2.18. The molecule has 0 saturated heterocycles. The Morgan fingerprint density at radius 1 is 1.21 bits per heavy atom. The first kappa shape index (κ1) is 20.0. The van der Waals surface area contributed by atoms with Crippen molar-refractivity contribution in [2.24, 2.45) is 0 Å². The third-order valence-corrected chi connectivity index (χ3v) is 4.73. The number of carbonyl (C=O) groups is 2. The van der Waals surface area contributed by atoms with Crippen LogP contribution in [0.4, 0.5) is 8.78 Å². The molecule has 1 unspecified atom stereocenters. The zero-order chi connectivity index (χ0) is 18.3. The third-order valence-electron chi connectivity index (χ3n) is 3.33. The minimum Gasteiger partial charge on any atom is -0.480 e. The molecular weight excluding hydrogens is 344 g/mol. The van der Waals surface area contributed by atoms with Crippen LogP contribution in [0.25, 0.3) is 0 Å². The lowest BCUT2D eigenvalue weighted by Gasteiger charge is -2.14. The van der Waals surface area contributed by atoms with Gasteiger partial charge < -0.3 is 10.4 Å². The average Bonchev–Trinajstić information content (AvgIpc) is 2.51. The normalized spacial score (nSPS) is 12.8. The van der Waals surface area contributed by atoms with Crippen molar-refractivity contribution in [3.05, 3.63) is 29.8 Å². The van der Waals surface area contributed by atoms with Gasteiger partial charge in [0.1, 0.15) is 6.04 Å². The molecule has 0 fully saturated rings. The first-order valence-corrected chi connectivity index (χ1v) is 8.86. The monoisotopic (exact) mass is 363 g/mol. The average molecular weight is 363 g/mol. The van der Waals surface area contributed by atoms with Crippen LogP contribution in [0.5, 0.6) is 0 Å². The Hall–Kier alpha value is -2.03.